The number of anilines is 1. The van der Waals surface area contributed by atoms with E-state index in [9.17, 15) is 28.3 Å². The number of phosphoric ester groups is 1. The lowest BCUT2D eigenvalue weighted by Crippen LogP contribution is -2.35. The van der Waals surface area contributed by atoms with Crippen LogP contribution in [0.1, 0.15) is 39.8 Å². The van der Waals surface area contributed by atoms with Crippen LogP contribution in [-0.4, -0.2) is 81.0 Å². The van der Waals surface area contributed by atoms with Gasteiger partial charge in [-0.2, -0.15) is 8.62 Å². The van der Waals surface area contributed by atoms with E-state index in [1.54, 1.807) is 11.5 Å². The number of imidazole rings is 1. The van der Waals surface area contributed by atoms with Crippen molar-refractivity contribution in [3.8, 4) is 0 Å². The zero-order valence-electron chi connectivity index (χ0n) is 22.4. The SMILES string of the molecule is CCC(=O)NCC(C)(C)SSCO[C@@H]1C[C@H](n2cnc3c(N)ncnc32)OC1COP(=O)(O)OP(=O)(O)OP(=O)(O)O. The number of carbonyl (C=O) groups excluding carboxylic acids is 1. The van der Waals surface area contributed by atoms with Gasteiger partial charge in [-0.3, -0.25) is 13.9 Å². The highest BCUT2D eigenvalue weighted by Crippen LogP contribution is 2.66. The van der Waals surface area contributed by atoms with Crippen LogP contribution in [0.5, 0.6) is 0 Å². The number of hydrogen-bond acceptors (Lipinski definition) is 15. The van der Waals surface area contributed by atoms with E-state index in [-0.39, 0.29) is 28.8 Å². The number of fused-ring (bicyclic) bond motifs is 1. The number of nitrogens with zero attached hydrogens (tertiary/aromatic N) is 4. The monoisotopic (exact) mass is 696 g/mol. The lowest BCUT2D eigenvalue weighted by molar-refractivity contribution is -0.120. The third-order valence-corrected chi connectivity index (χ3v) is 12.1. The zero-order chi connectivity index (χ0) is 31.3. The number of hydrogen-bond donors (Lipinski definition) is 6. The summed E-state index contributed by atoms with van der Waals surface area (Å²) in [4.78, 5) is 60.5. The summed E-state index contributed by atoms with van der Waals surface area (Å²) in [6, 6.07) is 0. The van der Waals surface area contributed by atoms with Crippen LogP contribution in [0.15, 0.2) is 12.7 Å². The van der Waals surface area contributed by atoms with Gasteiger partial charge in [-0.1, -0.05) is 28.5 Å². The number of aromatic nitrogens is 4. The fourth-order valence-corrected chi connectivity index (χ4v) is 8.72. The van der Waals surface area contributed by atoms with Gasteiger partial charge in [0.1, 0.15) is 30.1 Å². The van der Waals surface area contributed by atoms with E-state index in [1.807, 2.05) is 13.8 Å². The number of nitrogen functional groups attached to an aromatic ring is 1. The Bertz CT molecular complexity index is 1390. The Morgan fingerprint density at radius 1 is 1.19 bits per heavy atom. The molecule has 5 atom stereocenters. The van der Waals surface area contributed by atoms with Crippen LogP contribution in [-0.2, 0) is 41.1 Å². The molecular formula is C18H31N6O13P3S2. The molecule has 3 rings (SSSR count). The minimum atomic E-state index is -5.69. The van der Waals surface area contributed by atoms with E-state index in [0.717, 1.165) is 0 Å². The van der Waals surface area contributed by atoms with Crippen molar-refractivity contribution < 1.29 is 60.7 Å². The molecule has 3 heterocycles. The van der Waals surface area contributed by atoms with Gasteiger partial charge in [-0.05, 0) is 13.8 Å². The largest absolute Gasteiger partial charge is 0.490 e. The first-order valence-electron chi connectivity index (χ1n) is 12.0. The second kappa shape index (κ2) is 14.3. The third kappa shape index (κ3) is 10.8. The molecule has 7 N–H and O–H groups in total. The number of nitrogens with one attached hydrogen (secondary N) is 1. The van der Waals surface area contributed by atoms with Crippen molar-refractivity contribution in [2.24, 2.45) is 0 Å². The lowest BCUT2D eigenvalue weighted by atomic mass is 10.2. The molecule has 3 unspecified atom stereocenters. The molecular weight excluding hydrogens is 665 g/mol. The van der Waals surface area contributed by atoms with Crippen LogP contribution in [0.3, 0.4) is 0 Å². The smallest absolute Gasteiger partial charge is 0.382 e. The van der Waals surface area contributed by atoms with Crippen LogP contribution in [0.2, 0.25) is 0 Å². The molecule has 42 heavy (non-hydrogen) atoms. The van der Waals surface area contributed by atoms with Crippen LogP contribution < -0.4 is 11.1 Å². The molecule has 1 aliphatic rings. The van der Waals surface area contributed by atoms with Crippen molar-refractivity contribution >= 4 is 67.9 Å². The van der Waals surface area contributed by atoms with Crippen LogP contribution in [0.4, 0.5) is 5.82 Å². The minimum absolute atomic E-state index is 0.0723. The summed E-state index contributed by atoms with van der Waals surface area (Å²) in [6.07, 6.45) is 0.647. The van der Waals surface area contributed by atoms with E-state index in [0.29, 0.717) is 24.1 Å². The third-order valence-electron chi connectivity index (χ3n) is 5.34. The van der Waals surface area contributed by atoms with Crippen molar-refractivity contribution in [2.45, 2.75) is 56.8 Å². The van der Waals surface area contributed by atoms with Crippen molar-refractivity contribution in [1.82, 2.24) is 24.8 Å². The summed E-state index contributed by atoms with van der Waals surface area (Å²) in [7, 11) is -13.8. The highest BCUT2D eigenvalue weighted by molar-refractivity contribution is 8.77. The quantitative estimate of drug-likeness (QED) is 0.0634. The molecule has 0 spiro atoms. The fraction of sp³-hybridized carbons (Fsp3) is 0.667. The Kier molecular flexibility index (Phi) is 12.0. The molecule has 0 saturated carbocycles. The van der Waals surface area contributed by atoms with Crippen molar-refractivity contribution in [1.29, 1.82) is 0 Å². The molecule has 0 aromatic carbocycles. The maximum atomic E-state index is 12.3. The second-order valence-corrected chi connectivity index (χ2v) is 16.6. The van der Waals surface area contributed by atoms with Gasteiger partial charge in [-0.25, -0.2) is 28.6 Å². The highest BCUT2D eigenvalue weighted by Gasteiger charge is 2.43. The molecule has 1 saturated heterocycles. The summed E-state index contributed by atoms with van der Waals surface area (Å²) in [5.41, 5.74) is 6.52. The Morgan fingerprint density at radius 2 is 1.90 bits per heavy atom. The number of ether oxygens (including phenoxy) is 2. The number of nitrogens with two attached hydrogens (primary N) is 1. The predicted octanol–water partition coefficient (Wildman–Crippen LogP) is 2.07. The number of rotatable bonds is 16. The Balaban J connectivity index is 1.68. The van der Waals surface area contributed by atoms with Crippen LogP contribution in [0.25, 0.3) is 11.2 Å². The Hall–Kier alpha value is -1.15. The summed E-state index contributed by atoms with van der Waals surface area (Å²) in [5.74, 6) is 0.194. The minimum Gasteiger partial charge on any atom is -0.382 e. The molecule has 2 aromatic rings. The van der Waals surface area contributed by atoms with Gasteiger partial charge in [0.05, 0.1) is 19.0 Å². The lowest BCUT2D eigenvalue weighted by Gasteiger charge is -2.24. The molecule has 2 aromatic heterocycles. The maximum absolute atomic E-state index is 12.3. The molecule has 238 valence electrons. The van der Waals surface area contributed by atoms with E-state index in [2.05, 4.69) is 28.9 Å². The van der Waals surface area contributed by atoms with E-state index in [1.165, 1.54) is 34.2 Å². The summed E-state index contributed by atoms with van der Waals surface area (Å²) < 4.78 is 60.3. The van der Waals surface area contributed by atoms with Gasteiger partial charge in [0.15, 0.2) is 11.5 Å². The first-order chi connectivity index (χ1) is 19.4. The number of phosphoric acid groups is 3. The summed E-state index contributed by atoms with van der Waals surface area (Å²) >= 11 is 0. The molecule has 1 fully saturated rings. The van der Waals surface area contributed by atoms with Gasteiger partial charge in [0.2, 0.25) is 5.91 Å². The standard InChI is InChI=1S/C18H31N6O13P3S2/c1-4-13(25)20-7-18(2,3)42-41-10-33-11-5-14(24-9-23-15-16(19)21-8-22-17(15)24)35-12(11)6-34-39(29,30)37-40(31,32)36-38(26,27)28/h8-9,11-12,14H,4-7,10H2,1-3H3,(H,20,25)(H,29,30)(H,31,32)(H2,19,21,22)(H2,26,27,28)/t11-,12?,14-/m1/s1. The molecule has 0 bridgehead atoms. The van der Waals surface area contributed by atoms with Crippen molar-refractivity contribution in [3.63, 3.8) is 0 Å². The van der Waals surface area contributed by atoms with Crippen molar-refractivity contribution in [3.05, 3.63) is 12.7 Å². The van der Waals surface area contributed by atoms with Crippen molar-refractivity contribution in [2.75, 3.05) is 24.8 Å². The average Bonchev–Trinajstić information content (AvgIpc) is 3.46. The topological polar surface area (TPSA) is 277 Å². The first kappa shape index (κ1) is 35.3. The molecule has 0 radical (unpaired) electrons. The van der Waals surface area contributed by atoms with Crippen LogP contribution >= 0.6 is 45.1 Å². The van der Waals surface area contributed by atoms with E-state index >= 15 is 0 Å². The highest BCUT2D eigenvalue weighted by atomic mass is 33.1. The summed E-state index contributed by atoms with van der Waals surface area (Å²) in [5, 5.41) is 2.83. The van der Waals surface area contributed by atoms with E-state index < -0.39 is 48.5 Å². The molecule has 1 aliphatic heterocycles. The van der Waals surface area contributed by atoms with Gasteiger partial charge < -0.3 is 40.1 Å². The Labute approximate surface area is 247 Å². The molecule has 24 heteroatoms. The molecule has 0 aliphatic carbocycles. The van der Waals surface area contributed by atoms with Gasteiger partial charge in [-0.15, -0.1) is 0 Å². The first-order valence-corrected chi connectivity index (χ1v) is 18.8. The Morgan fingerprint density at radius 3 is 2.57 bits per heavy atom. The fourth-order valence-electron chi connectivity index (χ4n) is 3.51. The summed E-state index contributed by atoms with van der Waals surface area (Å²) in [6.45, 7) is 5.36. The van der Waals surface area contributed by atoms with Gasteiger partial charge >= 0.3 is 23.5 Å². The molecule has 19 nitrogen and oxygen atoms in total. The normalized spacial score (nSPS) is 22.6. The predicted molar refractivity (Wildman–Crippen MR) is 150 cm³/mol. The molecule has 1 amide bonds. The van der Waals surface area contributed by atoms with Gasteiger partial charge in [0.25, 0.3) is 0 Å². The number of amides is 1. The number of carbonyl (C=O) groups is 1. The van der Waals surface area contributed by atoms with E-state index in [4.69, 9.17) is 29.5 Å². The van der Waals surface area contributed by atoms with Gasteiger partial charge in [0, 0.05) is 24.1 Å². The maximum Gasteiger partial charge on any atom is 0.490 e. The second-order valence-electron chi connectivity index (χ2n) is 9.25. The van der Waals surface area contributed by atoms with Crippen LogP contribution in [0, 0.1) is 0 Å². The average molecular weight is 697 g/mol. The zero-order valence-corrected chi connectivity index (χ0v) is 26.7.